The maximum absolute atomic E-state index is 12.2. The Bertz CT molecular complexity index is 632. The van der Waals surface area contributed by atoms with Crippen molar-refractivity contribution in [3.8, 4) is 5.75 Å². The Morgan fingerprint density at radius 1 is 0.966 bits per heavy atom. The summed E-state index contributed by atoms with van der Waals surface area (Å²) in [7, 11) is 1.64. The predicted molar refractivity (Wildman–Crippen MR) is 115 cm³/mol. The van der Waals surface area contributed by atoms with Gasteiger partial charge < -0.3 is 9.84 Å². The number of halogens is 3. The van der Waals surface area contributed by atoms with Crippen LogP contribution in [0.15, 0.2) is 41.7 Å². The van der Waals surface area contributed by atoms with Crippen LogP contribution in [0, 0.1) is 0 Å². The van der Waals surface area contributed by atoms with Gasteiger partial charge in [-0.1, -0.05) is 44.4 Å². The summed E-state index contributed by atoms with van der Waals surface area (Å²) >= 11 is 0. The molecule has 0 fully saturated rings. The molecular weight excluding hydrogens is 377 g/mol. The lowest BCUT2D eigenvalue weighted by Gasteiger charge is -2.11. The van der Waals surface area contributed by atoms with Crippen molar-refractivity contribution < 1.29 is 23.0 Å². The van der Waals surface area contributed by atoms with E-state index in [-0.39, 0.29) is 12.2 Å². The highest BCUT2D eigenvalue weighted by Crippen LogP contribution is 2.24. The van der Waals surface area contributed by atoms with Crippen LogP contribution in [0.2, 0.25) is 0 Å². The van der Waals surface area contributed by atoms with Crippen LogP contribution in [0.5, 0.6) is 5.75 Å². The first-order valence-electron chi connectivity index (χ1n) is 10.5. The lowest BCUT2D eigenvalue weighted by molar-refractivity contribution is -0.135. The molecule has 1 N–H and O–H groups in total. The number of alkyl halides is 3. The number of hydrogen-bond donors (Lipinski definition) is 1. The van der Waals surface area contributed by atoms with Gasteiger partial charge in [0, 0.05) is 6.42 Å². The van der Waals surface area contributed by atoms with E-state index in [0.717, 1.165) is 43.4 Å². The van der Waals surface area contributed by atoms with E-state index in [1.807, 2.05) is 39.0 Å². The van der Waals surface area contributed by atoms with Crippen LogP contribution in [-0.4, -0.2) is 18.4 Å². The molecule has 1 aromatic carbocycles. The summed E-state index contributed by atoms with van der Waals surface area (Å²) in [5.74, 6) is 1.09. The molecule has 0 spiro atoms. The Labute approximate surface area is 174 Å². The van der Waals surface area contributed by atoms with E-state index in [1.54, 1.807) is 19.2 Å². The van der Waals surface area contributed by atoms with E-state index in [9.17, 15) is 18.3 Å². The van der Waals surface area contributed by atoms with E-state index in [0.29, 0.717) is 6.42 Å². The molecule has 0 atom stereocenters. The van der Waals surface area contributed by atoms with Gasteiger partial charge in [0.25, 0.3) is 0 Å². The number of aromatic hydroxyl groups is 1. The summed E-state index contributed by atoms with van der Waals surface area (Å²) in [4.78, 5) is 0. The average molecular weight is 415 g/mol. The molecule has 5 heteroatoms. The first kappa shape index (κ1) is 27.1. The summed E-state index contributed by atoms with van der Waals surface area (Å²) in [6, 6.07) is 5.41. The van der Waals surface area contributed by atoms with Gasteiger partial charge in [0.15, 0.2) is 0 Å². The lowest BCUT2D eigenvalue weighted by atomic mass is 9.96. The summed E-state index contributed by atoms with van der Waals surface area (Å²) in [5, 5.41) is 9.76. The standard InChI is InChI=1S/C22H31F3O2.C2H6/c1-17(9-11-18(2)27-3)10-12-19-13-14-21(26)16-20(19)8-6-4-5-7-15-22(23,24)25;1-2/h9,11,13-14,16,26H,4-8,10,12,15H2,1-3H3;1-2H3/b17-9+,18-11+;. The van der Waals surface area contributed by atoms with Gasteiger partial charge in [-0.25, -0.2) is 0 Å². The van der Waals surface area contributed by atoms with Crippen molar-refractivity contribution in [2.24, 2.45) is 0 Å². The second kappa shape index (κ2) is 15.0. The number of benzene rings is 1. The van der Waals surface area contributed by atoms with Gasteiger partial charge in [0.1, 0.15) is 5.75 Å². The van der Waals surface area contributed by atoms with Gasteiger partial charge in [-0.15, -0.1) is 0 Å². The molecule has 0 aliphatic carbocycles. The van der Waals surface area contributed by atoms with Crippen LogP contribution >= 0.6 is 0 Å². The van der Waals surface area contributed by atoms with E-state index >= 15 is 0 Å². The van der Waals surface area contributed by atoms with E-state index in [4.69, 9.17) is 4.74 Å². The van der Waals surface area contributed by atoms with E-state index in [1.165, 1.54) is 11.1 Å². The average Bonchev–Trinajstić information content (AvgIpc) is 2.68. The van der Waals surface area contributed by atoms with Crippen molar-refractivity contribution in [2.45, 2.75) is 85.2 Å². The van der Waals surface area contributed by atoms with E-state index < -0.39 is 12.6 Å². The molecule has 1 aromatic rings. The predicted octanol–water partition coefficient (Wildman–Crippen LogP) is 7.90. The van der Waals surface area contributed by atoms with Crippen LogP contribution in [0.1, 0.15) is 77.3 Å². The Balaban J connectivity index is 0.00000379. The molecule has 0 unspecified atom stereocenters. The number of phenolic OH excluding ortho intramolecular Hbond substituents is 1. The molecule has 0 aliphatic rings. The normalized spacial score (nSPS) is 12.4. The second-order valence-electron chi connectivity index (χ2n) is 6.98. The minimum Gasteiger partial charge on any atom is -0.508 e. The molecule has 0 aromatic heterocycles. The fraction of sp³-hybridized carbons (Fsp3) is 0.583. The molecule has 29 heavy (non-hydrogen) atoms. The van der Waals surface area contributed by atoms with Crippen molar-refractivity contribution in [1.82, 2.24) is 0 Å². The molecule has 0 saturated carbocycles. The molecule has 166 valence electrons. The van der Waals surface area contributed by atoms with Gasteiger partial charge in [0.2, 0.25) is 0 Å². The Morgan fingerprint density at radius 2 is 1.62 bits per heavy atom. The van der Waals surface area contributed by atoms with Gasteiger partial charge >= 0.3 is 6.18 Å². The van der Waals surface area contributed by atoms with Gasteiger partial charge in [-0.05, 0) is 75.3 Å². The highest BCUT2D eigenvalue weighted by atomic mass is 19.4. The van der Waals surface area contributed by atoms with Crippen LogP contribution in [0.3, 0.4) is 0 Å². The van der Waals surface area contributed by atoms with Gasteiger partial charge in [-0.3, -0.25) is 0 Å². The number of ether oxygens (including phenoxy) is 1. The smallest absolute Gasteiger partial charge is 0.389 e. The number of hydrogen-bond acceptors (Lipinski definition) is 2. The first-order chi connectivity index (χ1) is 13.7. The molecule has 0 amide bonds. The molecule has 0 aliphatic heterocycles. The monoisotopic (exact) mass is 414 g/mol. The van der Waals surface area contributed by atoms with Crippen molar-refractivity contribution in [3.05, 3.63) is 52.8 Å². The van der Waals surface area contributed by atoms with Crippen molar-refractivity contribution >= 4 is 0 Å². The second-order valence-corrected chi connectivity index (χ2v) is 6.98. The van der Waals surface area contributed by atoms with Crippen molar-refractivity contribution in [3.63, 3.8) is 0 Å². The minimum atomic E-state index is -4.05. The Hall–Kier alpha value is -1.91. The van der Waals surface area contributed by atoms with Gasteiger partial charge in [-0.2, -0.15) is 13.2 Å². The highest BCUT2D eigenvalue weighted by molar-refractivity contribution is 5.35. The first-order valence-corrected chi connectivity index (χ1v) is 10.5. The molecule has 0 radical (unpaired) electrons. The number of unbranched alkanes of at least 4 members (excludes halogenated alkanes) is 3. The molecule has 0 saturated heterocycles. The number of allylic oxidation sites excluding steroid dienone is 4. The van der Waals surface area contributed by atoms with Crippen LogP contribution < -0.4 is 0 Å². The van der Waals surface area contributed by atoms with Crippen molar-refractivity contribution in [2.75, 3.05) is 7.11 Å². The largest absolute Gasteiger partial charge is 0.508 e. The topological polar surface area (TPSA) is 29.5 Å². The lowest BCUT2D eigenvalue weighted by Crippen LogP contribution is -2.06. The summed E-state index contributed by atoms with van der Waals surface area (Å²) in [6.45, 7) is 7.97. The van der Waals surface area contributed by atoms with Crippen LogP contribution in [0.25, 0.3) is 0 Å². The molecule has 1 rings (SSSR count). The van der Waals surface area contributed by atoms with Crippen LogP contribution in [-0.2, 0) is 17.6 Å². The fourth-order valence-corrected chi connectivity index (χ4v) is 2.83. The zero-order valence-corrected chi connectivity index (χ0v) is 18.5. The molecule has 2 nitrogen and oxygen atoms in total. The number of methoxy groups -OCH3 is 1. The summed E-state index contributed by atoms with van der Waals surface area (Å²) in [6.07, 6.45) is 4.14. The molecule has 0 heterocycles. The Morgan fingerprint density at radius 3 is 2.24 bits per heavy atom. The fourth-order valence-electron chi connectivity index (χ4n) is 2.83. The third kappa shape index (κ3) is 13.8. The SMILES string of the molecule is CC.CO/C(C)=C/C=C(\C)CCc1ccc(O)cc1CCCCCCC(F)(F)F. The number of rotatable bonds is 11. The summed E-state index contributed by atoms with van der Waals surface area (Å²) in [5.41, 5.74) is 3.50. The van der Waals surface area contributed by atoms with E-state index in [2.05, 4.69) is 6.92 Å². The number of phenols is 1. The quantitative estimate of drug-likeness (QED) is 0.226. The zero-order chi connectivity index (χ0) is 22.3. The maximum Gasteiger partial charge on any atom is 0.389 e. The van der Waals surface area contributed by atoms with Gasteiger partial charge in [0.05, 0.1) is 12.9 Å². The number of aryl methyl sites for hydroxylation is 2. The third-order valence-corrected chi connectivity index (χ3v) is 4.56. The summed E-state index contributed by atoms with van der Waals surface area (Å²) < 4.78 is 41.6. The third-order valence-electron chi connectivity index (χ3n) is 4.56. The molecule has 0 bridgehead atoms. The van der Waals surface area contributed by atoms with Crippen LogP contribution in [0.4, 0.5) is 13.2 Å². The Kier molecular flexibility index (Phi) is 14.0. The zero-order valence-electron chi connectivity index (χ0n) is 18.5. The maximum atomic E-state index is 12.2. The van der Waals surface area contributed by atoms with Crippen molar-refractivity contribution in [1.29, 1.82) is 0 Å². The molecular formula is C24H37F3O2. The minimum absolute atomic E-state index is 0.189. The highest BCUT2D eigenvalue weighted by Gasteiger charge is 2.25.